The van der Waals surface area contributed by atoms with Gasteiger partial charge in [0.15, 0.2) is 0 Å². The first kappa shape index (κ1) is 13.7. The van der Waals surface area contributed by atoms with Gasteiger partial charge in [-0.15, -0.1) is 0 Å². The minimum atomic E-state index is -4.53. The summed E-state index contributed by atoms with van der Waals surface area (Å²) in [4.78, 5) is 15.4. The first-order valence-electron chi connectivity index (χ1n) is 6.33. The van der Waals surface area contributed by atoms with Crippen molar-refractivity contribution in [2.24, 2.45) is 5.92 Å². The van der Waals surface area contributed by atoms with Crippen molar-refractivity contribution >= 4 is 11.7 Å². The fraction of sp³-hybridized carbons (Fsp3) is 0.286. The molecule has 0 spiro atoms. The second-order valence-corrected chi connectivity index (χ2v) is 4.86. The number of nitrogens with one attached hydrogen (secondary N) is 1. The fourth-order valence-electron chi connectivity index (χ4n) is 2.18. The Morgan fingerprint density at radius 3 is 2.76 bits per heavy atom. The van der Waals surface area contributed by atoms with E-state index in [1.54, 1.807) is 12.1 Å². The van der Waals surface area contributed by atoms with Gasteiger partial charge in [-0.05, 0) is 30.7 Å². The van der Waals surface area contributed by atoms with Crippen molar-refractivity contribution in [3.63, 3.8) is 0 Å². The van der Waals surface area contributed by atoms with E-state index in [-0.39, 0.29) is 23.6 Å². The zero-order valence-corrected chi connectivity index (χ0v) is 10.7. The molecule has 0 aliphatic heterocycles. The molecular weight excluding hydrogens is 285 g/mol. The highest BCUT2D eigenvalue weighted by Gasteiger charge is 2.46. The first-order chi connectivity index (χ1) is 9.95. The molecule has 1 saturated carbocycles. The molecule has 0 aromatic carbocycles. The maximum absolute atomic E-state index is 12.5. The zero-order chi connectivity index (χ0) is 15.0. The van der Waals surface area contributed by atoms with Crippen LogP contribution < -0.4 is 5.32 Å². The molecule has 1 aliphatic carbocycles. The molecule has 1 fully saturated rings. The Labute approximate surface area is 118 Å². The van der Waals surface area contributed by atoms with Crippen LogP contribution in [0.1, 0.15) is 23.8 Å². The third-order valence-electron chi connectivity index (χ3n) is 3.33. The number of carbonyl (C=O) groups is 1. The summed E-state index contributed by atoms with van der Waals surface area (Å²) >= 11 is 0. The number of anilines is 1. The Morgan fingerprint density at radius 2 is 2.10 bits per heavy atom. The van der Waals surface area contributed by atoms with Crippen molar-refractivity contribution in [3.05, 3.63) is 48.0 Å². The van der Waals surface area contributed by atoms with Gasteiger partial charge in [0, 0.05) is 11.8 Å². The molecule has 2 heterocycles. The summed E-state index contributed by atoms with van der Waals surface area (Å²) in [5.41, 5.74) is -1.03. The van der Waals surface area contributed by atoms with E-state index in [9.17, 15) is 18.0 Å². The van der Waals surface area contributed by atoms with E-state index in [4.69, 9.17) is 4.42 Å². The van der Waals surface area contributed by atoms with Gasteiger partial charge in [-0.2, -0.15) is 13.2 Å². The highest BCUT2D eigenvalue weighted by molar-refractivity contribution is 5.94. The molecule has 1 aliphatic rings. The van der Waals surface area contributed by atoms with Crippen LogP contribution >= 0.6 is 0 Å². The topological polar surface area (TPSA) is 55.1 Å². The second kappa shape index (κ2) is 4.91. The Hall–Kier alpha value is -2.31. The maximum atomic E-state index is 12.5. The molecule has 0 radical (unpaired) electrons. The number of rotatable bonds is 3. The molecule has 4 nitrogen and oxygen atoms in total. The molecule has 2 aromatic heterocycles. The van der Waals surface area contributed by atoms with Gasteiger partial charge in [-0.1, -0.05) is 6.07 Å². The van der Waals surface area contributed by atoms with Crippen molar-refractivity contribution < 1.29 is 22.4 Å². The van der Waals surface area contributed by atoms with Crippen molar-refractivity contribution in [1.29, 1.82) is 0 Å². The lowest BCUT2D eigenvalue weighted by Gasteiger charge is -2.08. The Bertz CT molecular complexity index is 652. The van der Waals surface area contributed by atoms with Crippen LogP contribution in [-0.4, -0.2) is 10.9 Å². The summed E-state index contributed by atoms with van der Waals surface area (Å²) in [5, 5.41) is 2.42. The number of hydrogen-bond acceptors (Lipinski definition) is 3. The van der Waals surface area contributed by atoms with Crippen LogP contribution in [0.3, 0.4) is 0 Å². The summed E-state index contributed by atoms with van der Waals surface area (Å²) in [6.07, 6.45) is -2.38. The summed E-state index contributed by atoms with van der Waals surface area (Å²) in [6.45, 7) is 0. The largest absolute Gasteiger partial charge is 0.469 e. The highest BCUT2D eigenvalue weighted by Crippen LogP contribution is 2.48. The van der Waals surface area contributed by atoms with E-state index in [2.05, 4.69) is 10.3 Å². The minimum Gasteiger partial charge on any atom is -0.469 e. The third-order valence-corrected chi connectivity index (χ3v) is 3.33. The Kier molecular flexibility index (Phi) is 3.19. The minimum absolute atomic E-state index is 0.00852. The molecule has 0 saturated heterocycles. The van der Waals surface area contributed by atoms with Crippen LogP contribution in [0.4, 0.5) is 19.0 Å². The summed E-state index contributed by atoms with van der Waals surface area (Å²) in [5.74, 6) is -0.0198. The molecule has 0 bridgehead atoms. The normalized spacial score (nSPS) is 21.1. The van der Waals surface area contributed by atoms with Crippen molar-refractivity contribution in [3.8, 4) is 0 Å². The van der Waals surface area contributed by atoms with Gasteiger partial charge in [-0.25, -0.2) is 4.98 Å². The van der Waals surface area contributed by atoms with E-state index >= 15 is 0 Å². The quantitative estimate of drug-likeness (QED) is 0.944. The van der Waals surface area contributed by atoms with E-state index in [1.807, 2.05) is 0 Å². The van der Waals surface area contributed by atoms with Crippen LogP contribution in [0.5, 0.6) is 0 Å². The molecule has 2 unspecified atom stereocenters. The number of nitrogens with zero attached hydrogens (tertiary/aromatic N) is 1. The number of amides is 1. The number of carbonyl (C=O) groups excluding carboxylic acids is 1. The van der Waals surface area contributed by atoms with Gasteiger partial charge >= 0.3 is 6.18 Å². The molecule has 2 atom stereocenters. The molecule has 7 heteroatoms. The lowest BCUT2D eigenvalue weighted by molar-refractivity contribution is -0.141. The third kappa shape index (κ3) is 2.91. The lowest BCUT2D eigenvalue weighted by Crippen LogP contribution is -2.17. The van der Waals surface area contributed by atoms with Gasteiger partial charge in [0.2, 0.25) is 5.91 Å². The number of halogens is 3. The smallest absolute Gasteiger partial charge is 0.433 e. The van der Waals surface area contributed by atoms with E-state index in [1.165, 1.54) is 18.4 Å². The second-order valence-electron chi connectivity index (χ2n) is 4.86. The molecule has 1 amide bonds. The highest BCUT2D eigenvalue weighted by atomic mass is 19.4. The van der Waals surface area contributed by atoms with Crippen LogP contribution in [0.25, 0.3) is 0 Å². The summed E-state index contributed by atoms with van der Waals surface area (Å²) in [6, 6.07) is 6.91. The zero-order valence-electron chi connectivity index (χ0n) is 10.7. The standard InChI is InChI=1S/C14H11F3N2O2/c15-14(16,17)11-4-1-5-12(18-11)19-13(20)9-7-8(9)10-3-2-6-21-10/h1-6,8-9H,7H2,(H,18,19,20). The SMILES string of the molecule is O=C(Nc1cccc(C(F)(F)F)n1)C1CC1c1ccco1. The number of alkyl halides is 3. The van der Waals surface area contributed by atoms with E-state index in [0.29, 0.717) is 12.2 Å². The monoisotopic (exact) mass is 296 g/mol. The van der Waals surface area contributed by atoms with Crippen LogP contribution in [0, 0.1) is 5.92 Å². The van der Waals surface area contributed by atoms with Crippen molar-refractivity contribution in [2.45, 2.75) is 18.5 Å². The molecular formula is C14H11F3N2O2. The molecule has 110 valence electrons. The van der Waals surface area contributed by atoms with Crippen LogP contribution in [0.2, 0.25) is 0 Å². The predicted octanol–water partition coefficient (Wildman–Crippen LogP) is 3.44. The van der Waals surface area contributed by atoms with E-state index in [0.717, 1.165) is 6.07 Å². The van der Waals surface area contributed by atoms with Crippen LogP contribution in [-0.2, 0) is 11.0 Å². The van der Waals surface area contributed by atoms with E-state index < -0.39 is 11.9 Å². The molecule has 21 heavy (non-hydrogen) atoms. The first-order valence-corrected chi connectivity index (χ1v) is 6.33. The average Bonchev–Trinajstić information content (AvgIpc) is 3.05. The summed E-state index contributed by atoms with van der Waals surface area (Å²) < 4.78 is 42.8. The molecule has 1 N–H and O–H groups in total. The molecule has 3 rings (SSSR count). The van der Waals surface area contributed by atoms with Gasteiger partial charge in [0.05, 0.1) is 6.26 Å². The number of hydrogen-bond donors (Lipinski definition) is 1. The van der Waals surface area contributed by atoms with Gasteiger partial charge < -0.3 is 9.73 Å². The average molecular weight is 296 g/mol. The number of furan rings is 1. The maximum Gasteiger partial charge on any atom is 0.433 e. The molecule has 2 aromatic rings. The van der Waals surface area contributed by atoms with Crippen LogP contribution in [0.15, 0.2) is 41.0 Å². The Balaban J connectivity index is 1.66. The number of pyridine rings is 1. The Morgan fingerprint density at radius 1 is 1.29 bits per heavy atom. The van der Waals surface area contributed by atoms with Gasteiger partial charge in [-0.3, -0.25) is 4.79 Å². The van der Waals surface area contributed by atoms with Crippen molar-refractivity contribution in [2.75, 3.05) is 5.32 Å². The lowest BCUT2D eigenvalue weighted by atomic mass is 10.2. The van der Waals surface area contributed by atoms with Gasteiger partial charge in [0.25, 0.3) is 0 Å². The summed E-state index contributed by atoms with van der Waals surface area (Å²) in [7, 11) is 0. The van der Waals surface area contributed by atoms with Crippen molar-refractivity contribution in [1.82, 2.24) is 4.98 Å². The van der Waals surface area contributed by atoms with Gasteiger partial charge in [0.1, 0.15) is 17.3 Å². The fourth-order valence-corrected chi connectivity index (χ4v) is 2.18. The number of aromatic nitrogens is 1. The predicted molar refractivity (Wildman–Crippen MR) is 67.4 cm³/mol.